The van der Waals surface area contributed by atoms with E-state index >= 15 is 0 Å². The van der Waals surface area contributed by atoms with Crippen LogP contribution in [0.15, 0.2) is 24.8 Å². The van der Waals surface area contributed by atoms with E-state index < -0.39 is 0 Å². The molecule has 3 rings (SSSR count). The van der Waals surface area contributed by atoms with Crippen LogP contribution < -0.4 is 5.32 Å². The van der Waals surface area contributed by atoms with Crippen molar-refractivity contribution in [2.24, 2.45) is 16.7 Å². The van der Waals surface area contributed by atoms with Crippen LogP contribution in [-0.2, 0) is 11.3 Å². The molecule has 5 nitrogen and oxygen atoms in total. The molecule has 0 spiro atoms. The minimum atomic E-state index is -0.323. The fourth-order valence-corrected chi connectivity index (χ4v) is 3.94. The van der Waals surface area contributed by atoms with E-state index in [0.29, 0.717) is 19.0 Å². The monoisotopic (exact) mass is 274 g/mol. The number of carbonyl (C=O) groups excluding carboxylic acids is 1. The number of nitrogens with one attached hydrogen (secondary N) is 1. The van der Waals surface area contributed by atoms with Crippen LogP contribution >= 0.6 is 0 Å². The van der Waals surface area contributed by atoms with Gasteiger partial charge in [-0.05, 0) is 30.6 Å². The first-order valence-electron chi connectivity index (χ1n) is 7.27. The van der Waals surface area contributed by atoms with Gasteiger partial charge in [0, 0.05) is 6.54 Å². The summed E-state index contributed by atoms with van der Waals surface area (Å²) < 4.78 is 1.73. The Balaban J connectivity index is 1.64. The van der Waals surface area contributed by atoms with E-state index in [1.165, 1.54) is 6.33 Å². The van der Waals surface area contributed by atoms with Crippen LogP contribution in [0.25, 0.3) is 0 Å². The van der Waals surface area contributed by atoms with Crippen LogP contribution in [0, 0.1) is 16.7 Å². The molecule has 2 fully saturated rings. The molecule has 0 aliphatic heterocycles. The predicted octanol–water partition coefficient (Wildman–Crippen LogP) is 1.78. The third-order valence-corrected chi connectivity index (χ3v) is 5.42. The lowest BCUT2D eigenvalue weighted by Gasteiger charge is -2.37. The molecule has 0 radical (unpaired) electrons. The Bertz CT molecular complexity index is 534. The summed E-state index contributed by atoms with van der Waals surface area (Å²) in [6, 6.07) is 0. The molecule has 108 valence electrons. The number of rotatable bonds is 4. The highest BCUT2D eigenvalue weighted by Gasteiger charge is 2.60. The molecule has 2 saturated carbocycles. The SMILES string of the molecule is C=C1C(C)(C)[C@H]2CC[C@]1(C(=O)NCCn1cncn1)C2. The van der Waals surface area contributed by atoms with Gasteiger partial charge in [0.25, 0.3) is 0 Å². The highest BCUT2D eigenvalue weighted by Crippen LogP contribution is 2.65. The zero-order valence-corrected chi connectivity index (χ0v) is 12.2. The summed E-state index contributed by atoms with van der Waals surface area (Å²) in [4.78, 5) is 16.5. The van der Waals surface area contributed by atoms with Gasteiger partial charge in [-0.2, -0.15) is 5.10 Å². The summed E-state index contributed by atoms with van der Waals surface area (Å²) in [5.74, 6) is 0.756. The van der Waals surface area contributed by atoms with Gasteiger partial charge in [0.2, 0.25) is 5.91 Å². The van der Waals surface area contributed by atoms with Crippen molar-refractivity contribution in [3.8, 4) is 0 Å². The molecule has 1 aromatic rings. The normalized spacial score (nSPS) is 30.7. The van der Waals surface area contributed by atoms with E-state index in [-0.39, 0.29) is 16.7 Å². The third-order valence-electron chi connectivity index (χ3n) is 5.42. The summed E-state index contributed by atoms with van der Waals surface area (Å²) in [6.07, 6.45) is 6.22. The maximum absolute atomic E-state index is 12.6. The van der Waals surface area contributed by atoms with Crippen molar-refractivity contribution in [3.05, 3.63) is 24.8 Å². The van der Waals surface area contributed by atoms with Gasteiger partial charge in [0.15, 0.2) is 0 Å². The molecule has 20 heavy (non-hydrogen) atoms. The number of fused-ring (bicyclic) bond motifs is 2. The average molecular weight is 274 g/mol. The molecular weight excluding hydrogens is 252 g/mol. The molecule has 2 atom stereocenters. The topological polar surface area (TPSA) is 59.8 Å². The Kier molecular flexibility index (Phi) is 2.96. The maximum atomic E-state index is 12.6. The van der Waals surface area contributed by atoms with Crippen LogP contribution in [0.5, 0.6) is 0 Å². The molecule has 2 bridgehead atoms. The highest BCUT2D eigenvalue weighted by molar-refractivity contribution is 5.87. The first-order valence-corrected chi connectivity index (χ1v) is 7.27. The van der Waals surface area contributed by atoms with Crippen molar-refractivity contribution in [1.29, 1.82) is 0 Å². The van der Waals surface area contributed by atoms with Crippen LogP contribution in [-0.4, -0.2) is 27.2 Å². The minimum Gasteiger partial charge on any atom is -0.353 e. The standard InChI is InChI=1S/C15H22N4O/c1-11-14(2,3)12-4-5-15(11,8-12)13(20)17-6-7-19-10-16-9-18-19/h9-10,12H,1,4-8H2,2-3H3,(H,17,20)/t12-,15-/m0/s1. The predicted molar refractivity (Wildman–Crippen MR) is 75.7 cm³/mol. The van der Waals surface area contributed by atoms with Crippen molar-refractivity contribution in [3.63, 3.8) is 0 Å². The van der Waals surface area contributed by atoms with Crippen molar-refractivity contribution in [1.82, 2.24) is 20.1 Å². The van der Waals surface area contributed by atoms with Crippen molar-refractivity contribution in [2.75, 3.05) is 6.54 Å². The molecule has 2 aliphatic carbocycles. The molecule has 0 aromatic carbocycles. The largest absolute Gasteiger partial charge is 0.353 e. The van der Waals surface area contributed by atoms with E-state index in [1.54, 1.807) is 11.0 Å². The van der Waals surface area contributed by atoms with Gasteiger partial charge in [-0.25, -0.2) is 4.98 Å². The first-order chi connectivity index (χ1) is 9.47. The molecule has 0 saturated heterocycles. The molecule has 0 unspecified atom stereocenters. The second-order valence-electron chi connectivity index (χ2n) is 6.64. The molecule has 2 aliphatic rings. The van der Waals surface area contributed by atoms with Crippen LogP contribution in [0.3, 0.4) is 0 Å². The average Bonchev–Trinajstić information content (AvgIpc) is 3.10. The lowest BCUT2D eigenvalue weighted by atomic mass is 9.68. The summed E-state index contributed by atoms with van der Waals surface area (Å²) >= 11 is 0. The van der Waals surface area contributed by atoms with Crippen LogP contribution in [0.4, 0.5) is 0 Å². The minimum absolute atomic E-state index is 0.0987. The molecule has 5 heteroatoms. The Morgan fingerprint density at radius 2 is 2.40 bits per heavy atom. The second kappa shape index (κ2) is 4.43. The molecule has 1 heterocycles. The second-order valence-corrected chi connectivity index (χ2v) is 6.64. The smallest absolute Gasteiger partial charge is 0.230 e. The van der Waals surface area contributed by atoms with Gasteiger partial charge in [0.1, 0.15) is 12.7 Å². The molecule has 1 N–H and O–H groups in total. The molecule has 1 amide bonds. The lowest BCUT2D eigenvalue weighted by molar-refractivity contribution is -0.128. The van der Waals surface area contributed by atoms with Gasteiger partial charge in [-0.15, -0.1) is 0 Å². The fourth-order valence-electron chi connectivity index (χ4n) is 3.94. The van der Waals surface area contributed by atoms with E-state index in [1.807, 2.05) is 0 Å². The molecular formula is C15H22N4O. The Morgan fingerprint density at radius 1 is 1.60 bits per heavy atom. The summed E-state index contributed by atoms with van der Waals surface area (Å²) in [6.45, 7) is 9.94. The third kappa shape index (κ3) is 1.79. The zero-order chi connectivity index (χ0) is 14.4. The lowest BCUT2D eigenvalue weighted by Crippen LogP contribution is -2.42. The van der Waals surface area contributed by atoms with Gasteiger partial charge in [-0.1, -0.05) is 26.0 Å². The van der Waals surface area contributed by atoms with E-state index in [2.05, 4.69) is 35.8 Å². The van der Waals surface area contributed by atoms with E-state index in [0.717, 1.165) is 24.8 Å². The number of amides is 1. The zero-order valence-electron chi connectivity index (χ0n) is 12.2. The number of hydrogen-bond donors (Lipinski definition) is 1. The summed E-state index contributed by atoms with van der Waals surface area (Å²) in [5, 5.41) is 7.09. The Hall–Kier alpha value is -1.65. The Labute approximate surface area is 119 Å². The van der Waals surface area contributed by atoms with Gasteiger partial charge in [0.05, 0.1) is 12.0 Å². The number of hydrogen-bond acceptors (Lipinski definition) is 3. The Morgan fingerprint density at radius 3 is 3.00 bits per heavy atom. The number of aromatic nitrogens is 3. The summed E-state index contributed by atoms with van der Waals surface area (Å²) in [5.41, 5.74) is 0.900. The number of nitrogens with zero attached hydrogens (tertiary/aromatic N) is 3. The maximum Gasteiger partial charge on any atom is 0.230 e. The summed E-state index contributed by atoms with van der Waals surface area (Å²) in [7, 11) is 0. The highest BCUT2D eigenvalue weighted by atomic mass is 16.2. The van der Waals surface area contributed by atoms with Crippen LogP contribution in [0.2, 0.25) is 0 Å². The number of carbonyl (C=O) groups is 1. The van der Waals surface area contributed by atoms with Gasteiger partial charge < -0.3 is 5.32 Å². The van der Waals surface area contributed by atoms with Gasteiger partial charge >= 0.3 is 0 Å². The molecule has 1 aromatic heterocycles. The van der Waals surface area contributed by atoms with E-state index in [4.69, 9.17) is 0 Å². The van der Waals surface area contributed by atoms with Crippen molar-refractivity contribution in [2.45, 2.75) is 39.7 Å². The van der Waals surface area contributed by atoms with Crippen molar-refractivity contribution >= 4 is 5.91 Å². The van der Waals surface area contributed by atoms with Crippen LogP contribution in [0.1, 0.15) is 33.1 Å². The quantitative estimate of drug-likeness (QED) is 0.851. The first kappa shape index (κ1) is 13.3. The van der Waals surface area contributed by atoms with Gasteiger partial charge in [-0.3, -0.25) is 9.48 Å². The fraction of sp³-hybridized carbons (Fsp3) is 0.667. The van der Waals surface area contributed by atoms with E-state index in [9.17, 15) is 4.79 Å². The van der Waals surface area contributed by atoms with Crippen molar-refractivity contribution < 1.29 is 4.79 Å².